The SMILES string of the molecule is CC[C@H]1CC[C@]2(C#N)[C@@H](c3ccccc3)C[C@@H](c3ccccc3)N12. The van der Waals surface area contributed by atoms with Gasteiger partial charge in [0.05, 0.1) is 6.07 Å². The molecule has 0 bridgehead atoms. The molecule has 2 fully saturated rings. The zero-order chi connectivity index (χ0) is 16.6. The highest BCUT2D eigenvalue weighted by molar-refractivity contribution is 5.37. The van der Waals surface area contributed by atoms with Crippen LogP contribution in [0.15, 0.2) is 60.7 Å². The average molecular weight is 316 g/mol. The first-order valence-corrected chi connectivity index (χ1v) is 9.09. The maximum Gasteiger partial charge on any atom is 0.117 e. The summed E-state index contributed by atoms with van der Waals surface area (Å²) in [6.45, 7) is 2.26. The Morgan fingerprint density at radius 3 is 2.25 bits per heavy atom. The van der Waals surface area contributed by atoms with Gasteiger partial charge in [0, 0.05) is 18.0 Å². The normalized spacial score (nSPS) is 32.4. The van der Waals surface area contributed by atoms with Gasteiger partial charge >= 0.3 is 0 Å². The van der Waals surface area contributed by atoms with Gasteiger partial charge in [-0.1, -0.05) is 67.6 Å². The molecule has 0 aliphatic carbocycles. The van der Waals surface area contributed by atoms with Crippen LogP contribution in [0.3, 0.4) is 0 Å². The highest BCUT2D eigenvalue weighted by Crippen LogP contribution is 2.58. The average Bonchev–Trinajstić information content (AvgIpc) is 3.18. The fourth-order valence-corrected chi connectivity index (χ4v) is 5.06. The molecule has 0 aromatic heterocycles. The summed E-state index contributed by atoms with van der Waals surface area (Å²) in [7, 11) is 0. The molecule has 2 aromatic carbocycles. The van der Waals surface area contributed by atoms with Crippen molar-refractivity contribution in [2.75, 3.05) is 0 Å². The van der Waals surface area contributed by atoms with E-state index in [9.17, 15) is 5.26 Å². The molecule has 2 heterocycles. The molecule has 0 amide bonds. The lowest BCUT2D eigenvalue weighted by molar-refractivity contribution is 0.135. The molecule has 4 rings (SSSR count). The fraction of sp³-hybridized carbons (Fsp3) is 0.409. The summed E-state index contributed by atoms with van der Waals surface area (Å²) in [4.78, 5) is 2.57. The van der Waals surface area contributed by atoms with Crippen molar-refractivity contribution in [3.63, 3.8) is 0 Å². The van der Waals surface area contributed by atoms with Gasteiger partial charge in [-0.3, -0.25) is 4.90 Å². The van der Waals surface area contributed by atoms with E-state index in [1.54, 1.807) is 0 Å². The predicted molar refractivity (Wildman–Crippen MR) is 96.5 cm³/mol. The number of hydrogen-bond acceptors (Lipinski definition) is 2. The third-order valence-corrected chi connectivity index (χ3v) is 6.14. The lowest BCUT2D eigenvalue weighted by atomic mass is 9.79. The van der Waals surface area contributed by atoms with Crippen molar-refractivity contribution in [1.29, 1.82) is 5.26 Å². The van der Waals surface area contributed by atoms with Crippen LogP contribution >= 0.6 is 0 Å². The molecule has 24 heavy (non-hydrogen) atoms. The van der Waals surface area contributed by atoms with E-state index in [2.05, 4.69) is 78.6 Å². The second-order valence-electron chi connectivity index (χ2n) is 7.17. The van der Waals surface area contributed by atoms with Crippen molar-refractivity contribution in [2.45, 2.75) is 56.1 Å². The minimum atomic E-state index is -0.345. The number of benzene rings is 2. The number of nitrogens with zero attached hydrogens (tertiary/aromatic N) is 2. The number of nitriles is 1. The van der Waals surface area contributed by atoms with Gasteiger partial charge < -0.3 is 0 Å². The zero-order valence-electron chi connectivity index (χ0n) is 14.2. The molecule has 2 aromatic rings. The quantitative estimate of drug-likeness (QED) is 0.792. The van der Waals surface area contributed by atoms with Crippen LogP contribution in [0.25, 0.3) is 0 Å². The largest absolute Gasteiger partial charge is 0.275 e. The van der Waals surface area contributed by atoms with Crippen LogP contribution in [0.1, 0.15) is 55.7 Å². The molecule has 2 saturated heterocycles. The second kappa shape index (κ2) is 6.07. The van der Waals surface area contributed by atoms with Crippen molar-refractivity contribution >= 4 is 0 Å². The molecule has 122 valence electrons. The smallest absolute Gasteiger partial charge is 0.117 e. The Kier molecular flexibility index (Phi) is 3.90. The lowest BCUT2D eigenvalue weighted by Gasteiger charge is -2.36. The second-order valence-corrected chi connectivity index (χ2v) is 7.17. The standard InChI is InChI=1S/C22H24N2/c1-2-19-13-14-22(16-23)20(17-9-5-3-6-10-17)15-21(24(19)22)18-11-7-4-8-12-18/h3-12,19-21H,2,13-15H2,1H3/t19-,20+,21-,22-/m0/s1. The third kappa shape index (κ3) is 2.19. The summed E-state index contributed by atoms with van der Waals surface area (Å²) in [5.41, 5.74) is 2.33. The van der Waals surface area contributed by atoms with E-state index in [-0.39, 0.29) is 5.54 Å². The number of rotatable bonds is 3. The van der Waals surface area contributed by atoms with Crippen molar-refractivity contribution in [3.8, 4) is 6.07 Å². The molecule has 0 saturated carbocycles. The van der Waals surface area contributed by atoms with E-state index >= 15 is 0 Å². The topological polar surface area (TPSA) is 27.0 Å². The molecular weight excluding hydrogens is 292 g/mol. The van der Waals surface area contributed by atoms with E-state index < -0.39 is 0 Å². The van der Waals surface area contributed by atoms with E-state index in [1.165, 1.54) is 11.1 Å². The maximum absolute atomic E-state index is 10.2. The van der Waals surface area contributed by atoms with Crippen molar-refractivity contribution < 1.29 is 0 Å². The zero-order valence-corrected chi connectivity index (χ0v) is 14.2. The first-order valence-electron chi connectivity index (χ1n) is 9.09. The van der Waals surface area contributed by atoms with E-state index in [0.717, 1.165) is 25.7 Å². The Morgan fingerprint density at radius 1 is 1.04 bits per heavy atom. The first kappa shape index (κ1) is 15.4. The Bertz CT molecular complexity index is 734. The minimum absolute atomic E-state index is 0.297. The molecule has 4 atom stereocenters. The number of hydrogen-bond donors (Lipinski definition) is 0. The van der Waals surface area contributed by atoms with Crippen LogP contribution in [-0.2, 0) is 0 Å². The van der Waals surface area contributed by atoms with Crippen molar-refractivity contribution in [3.05, 3.63) is 71.8 Å². The summed E-state index contributed by atoms with van der Waals surface area (Å²) in [5.74, 6) is 0.297. The molecule has 2 heteroatoms. The van der Waals surface area contributed by atoms with Crippen molar-refractivity contribution in [2.24, 2.45) is 0 Å². The molecule has 2 aliphatic heterocycles. The van der Waals surface area contributed by atoms with Gasteiger partial charge in [-0.2, -0.15) is 5.26 Å². The van der Waals surface area contributed by atoms with Gasteiger partial charge in [0.2, 0.25) is 0 Å². The van der Waals surface area contributed by atoms with Crippen LogP contribution in [0.2, 0.25) is 0 Å². The maximum atomic E-state index is 10.2. The monoisotopic (exact) mass is 316 g/mol. The van der Waals surface area contributed by atoms with Gasteiger partial charge in [0.15, 0.2) is 0 Å². The van der Waals surface area contributed by atoms with Gasteiger partial charge in [-0.25, -0.2) is 0 Å². The van der Waals surface area contributed by atoms with Gasteiger partial charge in [0.1, 0.15) is 5.54 Å². The molecule has 0 radical (unpaired) electrons. The van der Waals surface area contributed by atoms with Crippen LogP contribution in [-0.4, -0.2) is 16.5 Å². The third-order valence-electron chi connectivity index (χ3n) is 6.14. The summed E-state index contributed by atoms with van der Waals surface area (Å²) in [6, 6.07) is 25.1. The van der Waals surface area contributed by atoms with Crippen LogP contribution in [0.5, 0.6) is 0 Å². The lowest BCUT2D eigenvalue weighted by Crippen LogP contribution is -2.44. The highest BCUT2D eigenvalue weighted by atomic mass is 15.3. The molecular formula is C22H24N2. The van der Waals surface area contributed by atoms with Crippen LogP contribution in [0.4, 0.5) is 0 Å². The summed E-state index contributed by atoms with van der Waals surface area (Å²) < 4.78 is 0. The van der Waals surface area contributed by atoms with Gasteiger partial charge in [-0.05, 0) is 36.8 Å². The highest BCUT2D eigenvalue weighted by Gasteiger charge is 2.59. The Hall–Kier alpha value is -2.11. The molecule has 2 nitrogen and oxygen atoms in total. The Balaban J connectivity index is 1.82. The summed E-state index contributed by atoms with van der Waals surface area (Å²) in [5, 5.41) is 10.2. The van der Waals surface area contributed by atoms with Gasteiger partial charge in [0.25, 0.3) is 0 Å². The van der Waals surface area contributed by atoms with E-state index in [4.69, 9.17) is 0 Å². The molecule has 0 spiro atoms. The molecule has 0 unspecified atom stereocenters. The van der Waals surface area contributed by atoms with Gasteiger partial charge in [-0.15, -0.1) is 0 Å². The van der Waals surface area contributed by atoms with Crippen LogP contribution < -0.4 is 0 Å². The minimum Gasteiger partial charge on any atom is -0.275 e. The molecule has 2 aliphatic rings. The van der Waals surface area contributed by atoms with Crippen molar-refractivity contribution in [1.82, 2.24) is 4.90 Å². The number of fused-ring (bicyclic) bond motifs is 1. The molecule has 0 N–H and O–H groups in total. The fourth-order valence-electron chi connectivity index (χ4n) is 5.06. The van der Waals surface area contributed by atoms with E-state index in [0.29, 0.717) is 18.0 Å². The Labute approximate surface area is 144 Å². The van der Waals surface area contributed by atoms with E-state index in [1.807, 2.05) is 0 Å². The summed E-state index contributed by atoms with van der Waals surface area (Å²) >= 11 is 0. The Morgan fingerprint density at radius 2 is 1.67 bits per heavy atom. The summed E-state index contributed by atoms with van der Waals surface area (Å²) in [6.07, 6.45) is 4.29. The van der Waals surface area contributed by atoms with Crippen LogP contribution in [0, 0.1) is 11.3 Å². The predicted octanol–water partition coefficient (Wildman–Crippen LogP) is 5.05. The first-order chi connectivity index (χ1) is 11.8.